The molecule has 0 aliphatic rings. The molecule has 0 saturated carbocycles. The molecular formula is C21H13BrN2O2. The highest BCUT2D eigenvalue weighted by atomic mass is 79.9. The van der Waals surface area contributed by atoms with Crippen molar-refractivity contribution in [2.75, 3.05) is 0 Å². The summed E-state index contributed by atoms with van der Waals surface area (Å²) in [6.45, 7) is 0. The first-order chi connectivity index (χ1) is 12.6. The summed E-state index contributed by atoms with van der Waals surface area (Å²) >= 11 is 3.45. The van der Waals surface area contributed by atoms with Crippen LogP contribution in [0, 0.1) is 10.1 Å². The van der Waals surface area contributed by atoms with Crippen LogP contribution in [0.2, 0.25) is 0 Å². The number of non-ortho nitro benzene ring substituents is 1. The molecule has 0 fully saturated rings. The van der Waals surface area contributed by atoms with E-state index in [4.69, 9.17) is 4.98 Å². The molecule has 0 amide bonds. The van der Waals surface area contributed by atoms with Gasteiger partial charge in [0, 0.05) is 27.6 Å². The Morgan fingerprint density at radius 2 is 1.58 bits per heavy atom. The fourth-order valence-corrected chi connectivity index (χ4v) is 3.22. The van der Waals surface area contributed by atoms with Crippen molar-refractivity contribution < 1.29 is 4.92 Å². The van der Waals surface area contributed by atoms with Crippen LogP contribution in [-0.4, -0.2) is 9.91 Å². The van der Waals surface area contributed by atoms with Gasteiger partial charge in [-0.3, -0.25) is 10.1 Å². The maximum absolute atomic E-state index is 11.2. The normalized spacial score (nSPS) is 10.8. The third kappa shape index (κ3) is 3.09. The van der Waals surface area contributed by atoms with Gasteiger partial charge in [0.2, 0.25) is 0 Å². The molecule has 4 nitrogen and oxygen atoms in total. The van der Waals surface area contributed by atoms with E-state index >= 15 is 0 Å². The monoisotopic (exact) mass is 404 g/mol. The minimum Gasteiger partial charge on any atom is -0.258 e. The van der Waals surface area contributed by atoms with E-state index in [0.717, 1.165) is 37.8 Å². The van der Waals surface area contributed by atoms with Crippen LogP contribution in [0.5, 0.6) is 0 Å². The van der Waals surface area contributed by atoms with E-state index in [-0.39, 0.29) is 10.6 Å². The molecule has 0 radical (unpaired) electrons. The smallest absolute Gasteiger partial charge is 0.258 e. The van der Waals surface area contributed by atoms with E-state index in [1.165, 1.54) is 6.07 Å². The molecule has 0 N–H and O–H groups in total. The Morgan fingerprint density at radius 1 is 0.846 bits per heavy atom. The number of halogens is 1. The molecule has 0 spiro atoms. The number of aromatic nitrogens is 1. The van der Waals surface area contributed by atoms with E-state index in [1.54, 1.807) is 12.1 Å². The summed E-state index contributed by atoms with van der Waals surface area (Å²) in [5.41, 5.74) is 4.54. The Labute approximate surface area is 158 Å². The molecule has 0 aliphatic heterocycles. The van der Waals surface area contributed by atoms with Crippen molar-refractivity contribution >= 4 is 32.5 Å². The number of hydrogen-bond acceptors (Lipinski definition) is 3. The summed E-state index contributed by atoms with van der Waals surface area (Å²) in [5, 5.41) is 12.0. The second kappa shape index (κ2) is 6.69. The molecule has 0 unspecified atom stereocenters. The fraction of sp³-hybridized carbons (Fsp3) is 0. The lowest BCUT2D eigenvalue weighted by Crippen LogP contribution is -1.92. The molecule has 0 aliphatic carbocycles. The summed E-state index contributed by atoms with van der Waals surface area (Å²) in [4.78, 5) is 15.5. The zero-order valence-electron chi connectivity index (χ0n) is 13.6. The van der Waals surface area contributed by atoms with E-state index in [1.807, 2.05) is 60.7 Å². The highest BCUT2D eigenvalue weighted by molar-refractivity contribution is 9.10. The van der Waals surface area contributed by atoms with Crippen LogP contribution in [0.15, 0.2) is 83.3 Å². The Bertz CT molecular complexity index is 1110. The first-order valence-corrected chi connectivity index (χ1v) is 8.82. The van der Waals surface area contributed by atoms with E-state index < -0.39 is 0 Å². The van der Waals surface area contributed by atoms with Crippen LogP contribution in [-0.2, 0) is 0 Å². The Morgan fingerprint density at radius 3 is 2.27 bits per heavy atom. The van der Waals surface area contributed by atoms with Crippen LogP contribution in [0.4, 0.5) is 5.69 Å². The highest BCUT2D eigenvalue weighted by Gasteiger charge is 2.13. The third-order valence-corrected chi connectivity index (χ3v) is 4.76. The van der Waals surface area contributed by atoms with E-state index in [9.17, 15) is 10.1 Å². The number of nitrogens with zero attached hydrogens (tertiary/aromatic N) is 2. The zero-order valence-corrected chi connectivity index (χ0v) is 15.2. The molecule has 0 saturated heterocycles. The molecule has 1 heterocycles. The van der Waals surface area contributed by atoms with Gasteiger partial charge in [-0.15, -0.1) is 0 Å². The molecule has 126 valence electrons. The summed E-state index contributed by atoms with van der Waals surface area (Å²) in [5.74, 6) is 0. The number of hydrogen-bond donors (Lipinski definition) is 0. The molecule has 5 heteroatoms. The van der Waals surface area contributed by atoms with Crippen LogP contribution in [0.25, 0.3) is 33.3 Å². The van der Waals surface area contributed by atoms with Crippen LogP contribution < -0.4 is 0 Å². The zero-order chi connectivity index (χ0) is 18.1. The van der Waals surface area contributed by atoms with Crippen LogP contribution in [0.1, 0.15) is 0 Å². The lowest BCUT2D eigenvalue weighted by atomic mass is 9.98. The summed E-state index contributed by atoms with van der Waals surface area (Å²) in [6, 6.07) is 24.6. The quantitative estimate of drug-likeness (QED) is 0.300. The first kappa shape index (κ1) is 16.4. The standard InChI is InChI=1S/C21H13BrN2O2/c22-16-8-6-15(7-9-16)21-13-18(14-4-2-1-3-5-14)19-12-17(24(25)26)10-11-20(19)23-21/h1-13H. The van der Waals surface area contributed by atoms with Gasteiger partial charge < -0.3 is 0 Å². The maximum Gasteiger partial charge on any atom is 0.270 e. The Balaban J connectivity index is 2.01. The van der Waals surface area contributed by atoms with Crippen LogP contribution >= 0.6 is 15.9 Å². The van der Waals surface area contributed by atoms with Crippen LogP contribution in [0.3, 0.4) is 0 Å². The van der Waals surface area contributed by atoms with Gasteiger partial charge in [0.05, 0.1) is 16.1 Å². The molecule has 4 aromatic rings. The van der Waals surface area contributed by atoms with E-state index in [0.29, 0.717) is 0 Å². The fourth-order valence-electron chi connectivity index (χ4n) is 2.95. The van der Waals surface area contributed by atoms with E-state index in [2.05, 4.69) is 15.9 Å². The predicted octanol–water partition coefficient (Wildman–Crippen LogP) is 6.24. The minimum atomic E-state index is -0.378. The van der Waals surface area contributed by atoms with Crippen molar-refractivity contribution in [1.29, 1.82) is 0 Å². The lowest BCUT2D eigenvalue weighted by molar-refractivity contribution is -0.384. The van der Waals surface area contributed by atoms with Crippen molar-refractivity contribution in [3.63, 3.8) is 0 Å². The number of pyridine rings is 1. The molecule has 4 rings (SSSR count). The van der Waals surface area contributed by atoms with Gasteiger partial charge in [-0.1, -0.05) is 58.4 Å². The molecule has 3 aromatic carbocycles. The average Bonchev–Trinajstić information content (AvgIpc) is 2.68. The van der Waals surface area contributed by atoms with Gasteiger partial charge in [-0.25, -0.2) is 4.98 Å². The van der Waals surface area contributed by atoms with Crippen molar-refractivity contribution in [3.05, 3.63) is 93.4 Å². The van der Waals surface area contributed by atoms with Gasteiger partial charge in [0.25, 0.3) is 5.69 Å². The number of nitro benzene ring substituents is 1. The number of fused-ring (bicyclic) bond motifs is 1. The summed E-state index contributed by atoms with van der Waals surface area (Å²) in [6.07, 6.45) is 0. The Kier molecular flexibility index (Phi) is 4.22. The van der Waals surface area contributed by atoms with Gasteiger partial charge in [-0.2, -0.15) is 0 Å². The van der Waals surface area contributed by atoms with Crippen molar-refractivity contribution in [2.45, 2.75) is 0 Å². The molecule has 1 aromatic heterocycles. The van der Waals surface area contributed by atoms with Gasteiger partial charge in [0.15, 0.2) is 0 Å². The largest absolute Gasteiger partial charge is 0.270 e. The second-order valence-corrected chi connectivity index (χ2v) is 6.80. The SMILES string of the molecule is O=[N+]([O-])c1ccc2nc(-c3ccc(Br)cc3)cc(-c3ccccc3)c2c1. The molecule has 0 bridgehead atoms. The molecule has 0 atom stereocenters. The average molecular weight is 405 g/mol. The third-order valence-electron chi connectivity index (χ3n) is 4.23. The van der Waals surface area contributed by atoms with Crippen molar-refractivity contribution in [1.82, 2.24) is 4.98 Å². The Hall–Kier alpha value is -3.05. The topological polar surface area (TPSA) is 56.0 Å². The molecule has 26 heavy (non-hydrogen) atoms. The van der Waals surface area contributed by atoms with Gasteiger partial charge in [0.1, 0.15) is 0 Å². The summed E-state index contributed by atoms with van der Waals surface area (Å²) < 4.78 is 1.00. The lowest BCUT2D eigenvalue weighted by Gasteiger charge is -2.10. The first-order valence-electron chi connectivity index (χ1n) is 8.02. The van der Waals surface area contributed by atoms with Crippen molar-refractivity contribution in [2.24, 2.45) is 0 Å². The van der Waals surface area contributed by atoms with Crippen molar-refractivity contribution in [3.8, 4) is 22.4 Å². The highest BCUT2D eigenvalue weighted by Crippen LogP contribution is 2.34. The minimum absolute atomic E-state index is 0.0628. The maximum atomic E-state index is 11.2. The number of rotatable bonds is 3. The predicted molar refractivity (Wildman–Crippen MR) is 107 cm³/mol. The summed E-state index contributed by atoms with van der Waals surface area (Å²) in [7, 11) is 0. The number of benzene rings is 3. The number of nitro groups is 1. The second-order valence-electron chi connectivity index (χ2n) is 5.89. The molecular weight excluding hydrogens is 392 g/mol. The van der Waals surface area contributed by atoms with Gasteiger partial charge in [-0.05, 0) is 35.4 Å². The van der Waals surface area contributed by atoms with Gasteiger partial charge >= 0.3 is 0 Å².